The van der Waals surface area contributed by atoms with Gasteiger partial charge in [-0.3, -0.25) is 9.13 Å². The third kappa shape index (κ3) is 2.91. The van der Waals surface area contributed by atoms with Crippen LogP contribution in [0.25, 0.3) is 33.2 Å². The van der Waals surface area contributed by atoms with E-state index in [1.54, 1.807) is 29.0 Å². The lowest BCUT2D eigenvalue weighted by Crippen LogP contribution is -2.32. The molecule has 0 amide bonds. The van der Waals surface area contributed by atoms with E-state index in [4.69, 9.17) is 16.0 Å². The molecule has 4 heterocycles. The largest absolute Gasteiger partial charge is 0.439 e. The smallest absolute Gasteiger partial charge is 0.329 e. The first-order valence-corrected chi connectivity index (χ1v) is 11.1. The number of benzene rings is 1. The number of aromatic nitrogens is 5. The van der Waals surface area contributed by atoms with E-state index < -0.39 is 0 Å². The van der Waals surface area contributed by atoms with E-state index in [2.05, 4.69) is 21.9 Å². The molecule has 4 aromatic heterocycles. The van der Waals surface area contributed by atoms with Gasteiger partial charge in [0, 0.05) is 22.6 Å². The predicted molar refractivity (Wildman–Crippen MR) is 121 cm³/mol. The molecule has 1 N–H and O–H groups in total. The van der Waals surface area contributed by atoms with Crippen LogP contribution in [0, 0.1) is 5.92 Å². The van der Waals surface area contributed by atoms with Gasteiger partial charge in [-0.1, -0.05) is 31.4 Å². The molecular weight excluding hydrogens is 414 g/mol. The Morgan fingerprint density at radius 3 is 3.00 bits per heavy atom. The number of hydrogen-bond acceptors (Lipinski definition) is 4. The van der Waals surface area contributed by atoms with E-state index >= 15 is 0 Å². The van der Waals surface area contributed by atoms with Crippen LogP contribution in [0.1, 0.15) is 44.5 Å². The Balaban J connectivity index is 1.57. The Labute approximate surface area is 182 Å². The molecule has 6 rings (SSSR count). The number of pyridine rings is 1. The molecule has 1 aliphatic rings. The first-order valence-electron chi connectivity index (χ1n) is 10.7. The standard InChI is InChI=1S/C23H22ClN5O2/c1-13-4-2-3-5-17(13)29-21-15-8-9-25-22(15)26-11-18(21)28(23(29)30)12-20-27-16-10-14(24)6-7-19(16)31-20/h6-11,13,17H,2-5,12H2,1H3,(H,25,26)/t13-,17+/m1/s1. The van der Waals surface area contributed by atoms with Crippen molar-refractivity contribution in [2.45, 2.75) is 45.2 Å². The summed E-state index contributed by atoms with van der Waals surface area (Å²) in [6.45, 7) is 2.49. The van der Waals surface area contributed by atoms with Crippen LogP contribution < -0.4 is 5.69 Å². The van der Waals surface area contributed by atoms with Gasteiger partial charge < -0.3 is 9.40 Å². The van der Waals surface area contributed by atoms with Gasteiger partial charge in [0.25, 0.3) is 0 Å². The first kappa shape index (κ1) is 18.7. The average Bonchev–Trinajstić information content (AvgIpc) is 3.45. The molecule has 0 radical (unpaired) electrons. The topological polar surface area (TPSA) is 81.6 Å². The Bertz CT molecular complexity index is 1490. The van der Waals surface area contributed by atoms with E-state index in [1.165, 1.54) is 6.42 Å². The third-order valence-corrected chi connectivity index (χ3v) is 6.83. The Morgan fingerprint density at radius 2 is 2.13 bits per heavy atom. The number of imidazole rings is 1. The summed E-state index contributed by atoms with van der Waals surface area (Å²) in [6, 6.07) is 7.51. The van der Waals surface area contributed by atoms with Gasteiger partial charge in [0.2, 0.25) is 5.89 Å². The molecule has 158 valence electrons. The van der Waals surface area contributed by atoms with Gasteiger partial charge in [-0.2, -0.15) is 0 Å². The van der Waals surface area contributed by atoms with Gasteiger partial charge in [-0.15, -0.1) is 0 Å². The highest BCUT2D eigenvalue weighted by molar-refractivity contribution is 6.31. The molecule has 2 atom stereocenters. The Morgan fingerprint density at radius 1 is 1.26 bits per heavy atom. The fraction of sp³-hybridized carbons (Fsp3) is 0.348. The molecule has 31 heavy (non-hydrogen) atoms. The van der Waals surface area contributed by atoms with Gasteiger partial charge in [0.15, 0.2) is 5.58 Å². The van der Waals surface area contributed by atoms with E-state index in [0.29, 0.717) is 27.9 Å². The summed E-state index contributed by atoms with van der Waals surface area (Å²) in [5.74, 6) is 0.920. The van der Waals surface area contributed by atoms with Crippen molar-refractivity contribution in [3.63, 3.8) is 0 Å². The lowest BCUT2D eigenvalue weighted by Gasteiger charge is -2.29. The summed E-state index contributed by atoms with van der Waals surface area (Å²) in [7, 11) is 0. The van der Waals surface area contributed by atoms with Crippen LogP contribution in [0.2, 0.25) is 5.02 Å². The normalized spacial score (nSPS) is 19.7. The van der Waals surface area contributed by atoms with Crippen LogP contribution in [0.4, 0.5) is 0 Å². The van der Waals surface area contributed by atoms with Crippen molar-refractivity contribution in [2.75, 3.05) is 0 Å². The summed E-state index contributed by atoms with van der Waals surface area (Å²) >= 11 is 6.09. The number of fused-ring (bicyclic) bond motifs is 4. The quantitative estimate of drug-likeness (QED) is 0.418. The monoisotopic (exact) mass is 435 g/mol. The number of oxazole rings is 1. The summed E-state index contributed by atoms with van der Waals surface area (Å²) in [5.41, 5.74) is 3.84. The minimum atomic E-state index is -0.0375. The zero-order valence-corrected chi connectivity index (χ0v) is 17.9. The molecular formula is C23H22ClN5O2. The minimum Gasteiger partial charge on any atom is -0.439 e. The second-order valence-electron chi connectivity index (χ2n) is 8.52. The maximum absolute atomic E-state index is 13.8. The number of rotatable bonds is 3. The second kappa shape index (κ2) is 6.99. The van der Waals surface area contributed by atoms with Crippen molar-refractivity contribution in [3.8, 4) is 0 Å². The Kier molecular flexibility index (Phi) is 4.21. The van der Waals surface area contributed by atoms with Crippen molar-refractivity contribution in [3.05, 3.63) is 58.1 Å². The number of hydrogen-bond donors (Lipinski definition) is 1. The molecule has 5 aromatic rings. The van der Waals surface area contributed by atoms with Crippen LogP contribution in [0.5, 0.6) is 0 Å². The minimum absolute atomic E-state index is 0.0375. The maximum atomic E-state index is 13.8. The molecule has 0 saturated heterocycles. The van der Waals surface area contributed by atoms with Crippen molar-refractivity contribution in [1.82, 2.24) is 24.1 Å². The SMILES string of the molecule is C[C@@H]1CCCC[C@@H]1n1c(=O)n(Cc2nc3cc(Cl)ccc3o2)c2cnc3[nH]ccc3c21. The van der Waals surface area contributed by atoms with Crippen molar-refractivity contribution in [1.29, 1.82) is 0 Å². The second-order valence-corrected chi connectivity index (χ2v) is 8.96. The molecule has 8 heteroatoms. The van der Waals surface area contributed by atoms with Gasteiger partial charge >= 0.3 is 5.69 Å². The average molecular weight is 436 g/mol. The van der Waals surface area contributed by atoms with E-state index in [0.717, 1.165) is 41.3 Å². The van der Waals surface area contributed by atoms with Gasteiger partial charge in [0.05, 0.1) is 17.2 Å². The zero-order chi connectivity index (χ0) is 21.1. The van der Waals surface area contributed by atoms with Crippen molar-refractivity contribution >= 4 is 44.8 Å². The van der Waals surface area contributed by atoms with Crippen LogP contribution in [0.15, 0.2) is 45.9 Å². The number of nitrogens with zero attached hydrogens (tertiary/aromatic N) is 4. The van der Waals surface area contributed by atoms with Crippen molar-refractivity contribution in [2.24, 2.45) is 5.92 Å². The maximum Gasteiger partial charge on any atom is 0.329 e. The fourth-order valence-corrected chi connectivity index (χ4v) is 5.22. The van der Waals surface area contributed by atoms with Gasteiger partial charge in [-0.05, 0) is 43.0 Å². The van der Waals surface area contributed by atoms with E-state index in [-0.39, 0.29) is 18.3 Å². The van der Waals surface area contributed by atoms with Crippen molar-refractivity contribution < 1.29 is 4.42 Å². The van der Waals surface area contributed by atoms with E-state index in [1.807, 2.05) is 16.8 Å². The van der Waals surface area contributed by atoms with E-state index in [9.17, 15) is 4.79 Å². The number of nitrogens with one attached hydrogen (secondary N) is 1. The van der Waals surface area contributed by atoms with Crippen LogP contribution in [-0.4, -0.2) is 24.1 Å². The molecule has 0 bridgehead atoms. The Hall–Kier alpha value is -3.06. The molecule has 0 unspecified atom stereocenters. The molecule has 1 fully saturated rings. The summed E-state index contributed by atoms with van der Waals surface area (Å²) < 4.78 is 9.65. The summed E-state index contributed by atoms with van der Waals surface area (Å²) in [6.07, 6.45) is 8.16. The molecule has 1 aromatic carbocycles. The number of halogens is 1. The lowest BCUT2D eigenvalue weighted by atomic mass is 9.85. The number of aromatic amines is 1. The van der Waals surface area contributed by atoms with Gasteiger partial charge in [-0.25, -0.2) is 14.8 Å². The molecule has 1 aliphatic carbocycles. The summed E-state index contributed by atoms with van der Waals surface area (Å²) in [4.78, 5) is 26.1. The molecule has 7 nitrogen and oxygen atoms in total. The first-order chi connectivity index (χ1) is 15.1. The van der Waals surface area contributed by atoms with Crippen LogP contribution in [0.3, 0.4) is 0 Å². The molecule has 0 spiro atoms. The number of H-pyrrole nitrogens is 1. The third-order valence-electron chi connectivity index (χ3n) is 6.59. The fourth-order valence-electron chi connectivity index (χ4n) is 5.05. The lowest BCUT2D eigenvalue weighted by molar-refractivity contribution is 0.256. The predicted octanol–water partition coefficient (Wildman–Crippen LogP) is 5.27. The van der Waals surface area contributed by atoms with Crippen LogP contribution in [-0.2, 0) is 6.54 Å². The highest BCUT2D eigenvalue weighted by atomic mass is 35.5. The highest BCUT2D eigenvalue weighted by Gasteiger charge is 2.29. The summed E-state index contributed by atoms with van der Waals surface area (Å²) in [5, 5.41) is 1.57. The van der Waals surface area contributed by atoms with Gasteiger partial charge in [0.1, 0.15) is 17.7 Å². The molecule has 0 aliphatic heterocycles. The van der Waals surface area contributed by atoms with Crippen LogP contribution >= 0.6 is 11.6 Å². The molecule has 1 saturated carbocycles. The highest BCUT2D eigenvalue weighted by Crippen LogP contribution is 2.36. The zero-order valence-electron chi connectivity index (χ0n) is 17.1.